The summed E-state index contributed by atoms with van der Waals surface area (Å²) in [6.45, 7) is 4.71. The lowest BCUT2D eigenvalue weighted by molar-refractivity contribution is -0.130. The van der Waals surface area contributed by atoms with Crippen LogP contribution in [0.5, 0.6) is 0 Å². The fourth-order valence-corrected chi connectivity index (χ4v) is 2.63. The highest BCUT2D eigenvalue weighted by Crippen LogP contribution is 2.13. The van der Waals surface area contributed by atoms with E-state index in [2.05, 4.69) is 24.4 Å². The number of carbonyl (C=O) groups is 1. The Morgan fingerprint density at radius 2 is 1.70 bits per heavy atom. The molecule has 0 spiro atoms. The van der Waals surface area contributed by atoms with Crippen LogP contribution in [0.3, 0.4) is 0 Å². The largest absolute Gasteiger partial charge is 0.374 e. The highest BCUT2D eigenvalue weighted by Gasteiger charge is 2.17. The van der Waals surface area contributed by atoms with Crippen molar-refractivity contribution in [3.05, 3.63) is 65.7 Å². The normalized spacial score (nSPS) is 11.8. The van der Waals surface area contributed by atoms with E-state index in [-0.39, 0.29) is 11.9 Å². The quantitative estimate of drug-likeness (QED) is 0.835. The van der Waals surface area contributed by atoms with Gasteiger partial charge >= 0.3 is 0 Å². The lowest BCUT2D eigenvalue weighted by atomic mass is 10.1. The van der Waals surface area contributed by atoms with Crippen molar-refractivity contribution in [1.82, 2.24) is 4.90 Å². The zero-order valence-corrected chi connectivity index (χ0v) is 14.3. The van der Waals surface area contributed by atoms with Crippen LogP contribution in [0, 0.1) is 0 Å². The fraction of sp³-hybridized carbons (Fsp3) is 0.350. The van der Waals surface area contributed by atoms with Gasteiger partial charge < -0.3 is 10.2 Å². The Kier molecular flexibility index (Phi) is 6.21. The summed E-state index contributed by atoms with van der Waals surface area (Å²) < 4.78 is 0. The summed E-state index contributed by atoms with van der Waals surface area (Å²) in [7, 11) is 1.85. The molecule has 0 heterocycles. The van der Waals surface area contributed by atoms with Crippen molar-refractivity contribution < 1.29 is 4.79 Å². The Bertz CT molecular complexity index is 607. The minimum absolute atomic E-state index is 0.0893. The Morgan fingerprint density at radius 1 is 1.04 bits per heavy atom. The monoisotopic (exact) mass is 310 g/mol. The van der Waals surface area contributed by atoms with Crippen LogP contribution in [0.25, 0.3) is 0 Å². The first-order valence-corrected chi connectivity index (χ1v) is 8.24. The first kappa shape index (κ1) is 17.1. The molecule has 1 amide bonds. The smallest absolute Gasteiger partial charge is 0.244 e. The highest BCUT2D eigenvalue weighted by atomic mass is 16.2. The van der Waals surface area contributed by atoms with Gasteiger partial charge in [0.2, 0.25) is 5.91 Å². The summed E-state index contributed by atoms with van der Waals surface area (Å²) in [5.74, 6) is 0.0893. The molecule has 0 saturated heterocycles. The van der Waals surface area contributed by atoms with Crippen LogP contribution in [0.2, 0.25) is 0 Å². The molecule has 0 radical (unpaired) electrons. The van der Waals surface area contributed by atoms with Crippen LogP contribution in [-0.4, -0.2) is 23.9 Å². The third kappa shape index (κ3) is 5.13. The van der Waals surface area contributed by atoms with E-state index < -0.39 is 0 Å². The molecule has 0 aliphatic rings. The van der Waals surface area contributed by atoms with Crippen LogP contribution in [0.15, 0.2) is 54.6 Å². The average Bonchev–Trinajstić information content (AvgIpc) is 2.57. The summed E-state index contributed by atoms with van der Waals surface area (Å²) in [5, 5.41) is 3.29. The number of hydrogen-bond donors (Lipinski definition) is 1. The number of rotatable bonds is 7. The molecule has 0 bridgehead atoms. The Hall–Kier alpha value is -2.29. The first-order chi connectivity index (χ1) is 11.1. The third-order valence-corrected chi connectivity index (χ3v) is 3.89. The van der Waals surface area contributed by atoms with Gasteiger partial charge in [-0.2, -0.15) is 0 Å². The second kappa shape index (κ2) is 8.37. The molecule has 1 unspecified atom stereocenters. The summed E-state index contributed by atoms with van der Waals surface area (Å²) in [4.78, 5) is 14.2. The number of carbonyl (C=O) groups excluding carboxylic acids is 1. The number of amides is 1. The Morgan fingerprint density at radius 3 is 2.30 bits per heavy atom. The van der Waals surface area contributed by atoms with Gasteiger partial charge in [0.15, 0.2) is 0 Å². The molecule has 1 atom stereocenters. The van der Waals surface area contributed by atoms with Crippen LogP contribution >= 0.6 is 0 Å². The molecule has 2 aromatic carbocycles. The van der Waals surface area contributed by atoms with Crippen molar-refractivity contribution in [2.24, 2.45) is 0 Å². The van der Waals surface area contributed by atoms with Crippen molar-refractivity contribution in [3.8, 4) is 0 Å². The maximum Gasteiger partial charge on any atom is 0.244 e. The van der Waals surface area contributed by atoms with Crippen molar-refractivity contribution >= 4 is 11.6 Å². The second-order valence-electron chi connectivity index (χ2n) is 5.99. The fourth-order valence-electron chi connectivity index (χ4n) is 2.63. The summed E-state index contributed by atoms with van der Waals surface area (Å²) in [5.41, 5.74) is 3.46. The molecule has 0 aromatic heterocycles. The molecule has 0 fully saturated rings. The molecule has 2 aromatic rings. The molecular weight excluding hydrogens is 284 g/mol. The van der Waals surface area contributed by atoms with E-state index in [4.69, 9.17) is 0 Å². The van der Waals surface area contributed by atoms with Crippen LogP contribution in [0.4, 0.5) is 5.69 Å². The number of nitrogens with zero attached hydrogens (tertiary/aromatic N) is 1. The lowest BCUT2D eigenvalue weighted by Crippen LogP contribution is -2.38. The summed E-state index contributed by atoms with van der Waals surface area (Å²) in [6, 6.07) is 18.1. The SMILES string of the molecule is CCCc1ccc(NC(C)C(=O)N(C)Cc2ccccc2)cc1. The minimum atomic E-state index is -0.249. The van der Waals surface area contributed by atoms with Crippen molar-refractivity contribution in [3.63, 3.8) is 0 Å². The number of benzene rings is 2. The zero-order chi connectivity index (χ0) is 16.7. The van der Waals surface area contributed by atoms with Gasteiger partial charge in [-0.3, -0.25) is 4.79 Å². The van der Waals surface area contributed by atoms with E-state index in [0.29, 0.717) is 6.54 Å². The first-order valence-electron chi connectivity index (χ1n) is 8.24. The minimum Gasteiger partial charge on any atom is -0.374 e. The second-order valence-corrected chi connectivity index (χ2v) is 5.99. The standard InChI is InChI=1S/C20H26N2O/c1-4-8-17-11-13-19(14-12-17)21-16(2)20(23)22(3)15-18-9-6-5-7-10-18/h5-7,9-14,16,21H,4,8,15H2,1-3H3. The zero-order valence-electron chi connectivity index (χ0n) is 14.3. The highest BCUT2D eigenvalue weighted by molar-refractivity contribution is 5.84. The molecular formula is C20H26N2O. The van der Waals surface area contributed by atoms with Gasteiger partial charge in [0, 0.05) is 19.3 Å². The van der Waals surface area contributed by atoms with E-state index in [9.17, 15) is 4.79 Å². The van der Waals surface area contributed by atoms with Gasteiger partial charge in [0.1, 0.15) is 6.04 Å². The number of nitrogens with one attached hydrogen (secondary N) is 1. The number of aryl methyl sites for hydroxylation is 1. The van der Waals surface area contributed by atoms with Gasteiger partial charge in [0.05, 0.1) is 0 Å². The lowest BCUT2D eigenvalue weighted by Gasteiger charge is -2.23. The van der Waals surface area contributed by atoms with Crippen LogP contribution in [-0.2, 0) is 17.8 Å². The van der Waals surface area contributed by atoms with E-state index in [1.165, 1.54) is 5.56 Å². The molecule has 122 valence electrons. The van der Waals surface area contributed by atoms with Gasteiger partial charge in [-0.1, -0.05) is 55.8 Å². The molecule has 1 N–H and O–H groups in total. The van der Waals surface area contributed by atoms with Crippen molar-refractivity contribution in [1.29, 1.82) is 0 Å². The van der Waals surface area contributed by atoms with Gasteiger partial charge in [-0.15, -0.1) is 0 Å². The molecule has 2 rings (SSSR count). The van der Waals surface area contributed by atoms with Crippen molar-refractivity contribution in [2.75, 3.05) is 12.4 Å². The third-order valence-electron chi connectivity index (χ3n) is 3.89. The number of likely N-dealkylation sites (N-methyl/N-ethyl adjacent to an activating group) is 1. The Labute approximate surface area is 139 Å². The molecule has 23 heavy (non-hydrogen) atoms. The predicted octanol–water partition coefficient (Wildman–Crippen LogP) is 4.10. The number of hydrogen-bond acceptors (Lipinski definition) is 2. The van der Waals surface area contributed by atoms with Crippen LogP contribution in [0.1, 0.15) is 31.4 Å². The maximum absolute atomic E-state index is 12.5. The molecule has 0 aliphatic heterocycles. The molecule has 0 aliphatic carbocycles. The molecule has 3 nitrogen and oxygen atoms in total. The van der Waals surface area contributed by atoms with Gasteiger partial charge in [0.25, 0.3) is 0 Å². The van der Waals surface area contributed by atoms with E-state index in [1.807, 2.05) is 56.4 Å². The molecule has 3 heteroatoms. The summed E-state index contributed by atoms with van der Waals surface area (Å²) >= 11 is 0. The van der Waals surface area contributed by atoms with Gasteiger partial charge in [-0.25, -0.2) is 0 Å². The van der Waals surface area contributed by atoms with Gasteiger partial charge in [-0.05, 0) is 36.6 Å². The summed E-state index contributed by atoms with van der Waals surface area (Å²) in [6.07, 6.45) is 2.24. The van der Waals surface area contributed by atoms with E-state index in [0.717, 1.165) is 24.1 Å². The maximum atomic E-state index is 12.5. The predicted molar refractivity (Wildman–Crippen MR) is 96.4 cm³/mol. The van der Waals surface area contributed by atoms with Crippen LogP contribution < -0.4 is 5.32 Å². The van der Waals surface area contributed by atoms with E-state index in [1.54, 1.807) is 4.90 Å². The van der Waals surface area contributed by atoms with E-state index >= 15 is 0 Å². The average molecular weight is 310 g/mol. The number of anilines is 1. The topological polar surface area (TPSA) is 32.3 Å². The molecule has 0 saturated carbocycles. The Balaban J connectivity index is 1.91. The van der Waals surface area contributed by atoms with Crippen molar-refractivity contribution in [2.45, 2.75) is 39.3 Å².